The molecule has 19 heteroatoms. The Balaban J connectivity index is 5.15. The van der Waals surface area contributed by atoms with Gasteiger partial charge >= 0.3 is 39.5 Å². The molecule has 0 aliphatic heterocycles. The van der Waals surface area contributed by atoms with Crippen molar-refractivity contribution < 1.29 is 80.2 Å². The Morgan fingerprint density at radius 1 is 0.303 bits per heavy atom. The summed E-state index contributed by atoms with van der Waals surface area (Å²) in [5.41, 5.74) is 0. The number of aliphatic hydroxyl groups is 1. The summed E-state index contributed by atoms with van der Waals surface area (Å²) in [6.45, 7) is 9.43. The number of ether oxygens (including phenoxy) is 4. The van der Waals surface area contributed by atoms with Crippen molar-refractivity contribution in [1.82, 2.24) is 0 Å². The van der Waals surface area contributed by atoms with Crippen LogP contribution in [0.1, 0.15) is 356 Å². The lowest BCUT2D eigenvalue weighted by Crippen LogP contribution is -2.30. The molecule has 3 N–H and O–H groups in total. The van der Waals surface area contributed by atoms with Gasteiger partial charge in [-0.1, -0.05) is 305 Å². The lowest BCUT2D eigenvalue weighted by atomic mass is 10.0. The van der Waals surface area contributed by atoms with E-state index in [1.165, 1.54) is 167 Å². The first-order valence-corrected chi connectivity index (χ1v) is 39.5. The molecule has 89 heavy (non-hydrogen) atoms. The number of aliphatic hydroxyl groups excluding tert-OH is 1. The molecule has 0 aromatic rings. The minimum absolute atomic E-state index is 0.104. The maximum absolute atomic E-state index is 13.0. The van der Waals surface area contributed by atoms with Crippen LogP contribution in [0.4, 0.5) is 0 Å². The number of hydrogen-bond acceptors (Lipinski definition) is 15. The summed E-state index contributed by atoms with van der Waals surface area (Å²) in [6, 6.07) is 0. The Hall–Kier alpha value is -1.94. The minimum Gasteiger partial charge on any atom is -0.462 e. The van der Waals surface area contributed by atoms with Gasteiger partial charge < -0.3 is 33.8 Å². The van der Waals surface area contributed by atoms with Crippen LogP contribution >= 0.6 is 15.6 Å². The molecular weight excluding hydrogens is 1170 g/mol. The highest BCUT2D eigenvalue weighted by atomic mass is 31.2. The summed E-state index contributed by atoms with van der Waals surface area (Å²) < 4.78 is 68.1. The molecule has 0 bridgehead atoms. The highest BCUT2D eigenvalue weighted by Crippen LogP contribution is 2.45. The lowest BCUT2D eigenvalue weighted by molar-refractivity contribution is -0.161. The van der Waals surface area contributed by atoms with E-state index in [4.69, 9.17) is 37.0 Å². The van der Waals surface area contributed by atoms with Crippen LogP contribution in [0.3, 0.4) is 0 Å². The van der Waals surface area contributed by atoms with Crippen LogP contribution in [0.15, 0.2) is 0 Å². The molecule has 0 aliphatic carbocycles. The fourth-order valence-corrected chi connectivity index (χ4v) is 12.2. The fourth-order valence-electron chi connectivity index (χ4n) is 10.6. The third kappa shape index (κ3) is 64.6. The van der Waals surface area contributed by atoms with Gasteiger partial charge in [0.2, 0.25) is 0 Å². The van der Waals surface area contributed by atoms with Crippen molar-refractivity contribution in [2.75, 3.05) is 39.6 Å². The van der Waals surface area contributed by atoms with Crippen molar-refractivity contribution in [2.24, 2.45) is 11.8 Å². The monoisotopic (exact) mass is 1310 g/mol. The highest BCUT2D eigenvalue weighted by Gasteiger charge is 2.30. The van der Waals surface area contributed by atoms with Gasteiger partial charge in [-0.3, -0.25) is 37.3 Å². The summed E-state index contributed by atoms with van der Waals surface area (Å²) in [6.07, 6.45) is 47.7. The van der Waals surface area contributed by atoms with Gasteiger partial charge in [-0.25, -0.2) is 9.13 Å². The number of carbonyl (C=O) groups excluding carboxylic acids is 4. The number of unbranched alkanes of at least 4 members (excludes halogenated alkanes) is 39. The normalized spacial score (nSPS) is 14.1. The van der Waals surface area contributed by atoms with Crippen LogP contribution < -0.4 is 0 Å². The largest absolute Gasteiger partial charge is 0.472 e. The van der Waals surface area contributed by atoms with Gasteiger partial charge in [0.1, 0.15) is 19.3 Å². The van der Waals surface area contributed by atoms with Gasteiger partial charge in [0, 0.05) is 25.7 Å². The van der Waals surface area contributed by atoms with Gasteiger partial charge in [0.05, 0.1) is 26.4 Å². The van der Waals surface area contributed by atoms with E-state index in [9.17, 15) is 43.2 Å². The predicted octanol–water partition coefficient (Wildman–Crippen LogP) is 20.0. The van der Waals surface area contributed by atoms with E-state index in [1.807, 2.05) is 0 Å². The van der Waals surface area contributed by atoms with E-state index in [0.717, 1.165) is 108 Å². The standard InChI is InChI=1S/C70H136O17P2/c1-7-9-11-13-14-15-16-17-18-19-20-21-22-27-30-36-42-48-54-69(74)87-66(59-81-68(73)53-47-41-35-29-26-24-23-25-28-33-39-44-50-62(3)4)61-85-89(78,79)83-57-64(71)56-82-88(76,77)84-60-65(58-80-67(72)52-46-38-12-10-8-2)86-70(75)55-49-43-37-32-31-34-40-45-51-63(5)6/h62-66,71H,7-61H2,1-6H3,(H,76,77)(H,78,79)/t64-,65+,66+/m0/s1. The van der Waals surface area contributed by atoms with Crippen molar-refractivity contribution in [3.8, 4) is 0 Å². The third-order valence-electron chi connectivity index (χ3n) is 16.2. The van der Waals surface area contributed by atoms with Crippen molar-refractivity contribution in [3.05, 3.63) is 0 Å². The molecule has 0 radical (unpaired) electrons. The predicted molar refractivity (Wildman–Crippen MR) is 358 cm³/mol. The summed E-state index contributed by atoms with van der Waals surface area (Å²) in [5, 5.41) is 10.6. The van der Waals surface area contributed by atoms with Crippen molar-refractivity contribution in [1.29, 1.82) is 0 Å². The maximum Gasteiger partial charge on any atom is 0.472 e. The van der Waals surface area contributed by atoms with Gasteiger partial charge in [-0.05, 0) is 37.5 Å². The Labute approximate surface area is 543 Å². The first-order valence-electron chi connectivity index (χ1n) is 36.5. The fraction of sp³-hybridized carbons (Fsp3) is 0.943. The number of phosphoric acid groups is 2. The first kappa shape index (κ1) is 87.1. The number of phosphoric ester groups is 2. The second-order valence-corrected chi connectivity index (χ2v) is 29.1. The summed E-state index contributed by atoms with van der Waals surface area (Å²) in [7, 11) is -9.89. The molecule has 5 atom stereocenters. The molecule has 528 valence electrons. The molecule has 0 rings (SSSR count). The number of hydrogen-bond donors (Lipinski definition) is 3. The molecule has 0 aliphatic rings. The van der Waals surface area contributed by atoms with E-state index in [-0.39, 0.29) is 25.7 Å². The lowest BCUT2D eigenvalue weighted by Gasteiger charge is -2.21. The third-order valence-corrected chi connectivity index (χ3v) is 18.1. The molecule has 0 heterocycles. The summed E-state index contributed by atoms with van der Waals surface area (Å²) in [5.74, 6) is -0.636. The quantitative estimate of drug-likeness (QED) is 0.0222. The molecule has 0 saturated heterocycles. The van der Waals surface area contributed by atoms with E-state index in [2.05, 4.69) is 41.5 Å². The molecule has 2 unspecified atom stereocenters. The Morgan fingerprint density at radius 2 is 0.517 bits per heavy atom. The van der Waals surface area contributed by atoms with Crippen LogP contribution in [-0.2, 0) is 65.4 Å². The van der Waals surface area contributed by atoms with Crippen LogP contribution in [0.2, 0.25) is 0 Å². The highest BCUT2D eigenvalue weighted by molar-refractivity contribution is 7.47. The van der Waals surface area contributed by atoms with Crippen molar-refractivity contribution in [3.63, 3.8) is 0 Å². The first-order chi connectivity index (χ1) is 42.9. The van der Waals surface area contributed by atoms with Gasteiger partial charge in [0.15, 0.2) is 12.2 Å². The van der Waals surface area contributed by atoms with Gasteiger partial charge in [-0.15, -0.1) is 0 Å². The minimum atomic E-state index is -4.95. The van der Waals surface area contributed by atoms with Gasteiger partial charge in [0.25, 0.3) is 0 Å². The smallest absolute Gasteiger partial charge is 0.462 e. The molecule has 0 amide bonds. The molecule has 0 spiro atoms. The second-order valence-electron chi connectivity index (χ2n) is 26.2. The molecule has 0 saturated carbocycles. The molecule has 0 fully saturated rings. The van der Waals surface area contributed by atoms with E-state index in [0.29, 0.717) is 25.7 Å². The molecular formula is C70H136O17P2. The van der Waals surface area contributed by atoms with Crippen molar-refractivity contribution in [2.45, 2.75) is 374 Å². The van der Waals surface area contributed by atoms with E-state index in [1.54, 1.807) is 0 Å². The Bertz CT molecular complexity index is 1730. The van der Waals surface area contributed by atoms with Crippen LogP contribution in [0, 0.1) is 11.8 Å². The zero-order chi connectivity index (χ0) is 65.7. The topological polar surface area (TPSA) is 237 Å². The number of rotatable bonds is 69. The van der Waals surface area contributed by atoms with E-state index < -0.39 is 97.5 Å². The second kappa shape index (κ2) is 62.2. The van der Waals surface area contributed by atoms with Gasteiger partial charge in [-0.2, -0.15) is 0 Å². The number of esters is 4. The SMILES string of the molecule is CCCCCCCCCCCCCCCCCCCCC(=O)O[C@H](COC(=O)CCCCCCCCCCCCCCC(C)C)COP(=O)(O)OC[C@@H](O)COP(=O)(O)OC[C@@H](COC(=O)CCCCCCC)OC(=O)CCCCCCCCCCC(C)C. The Kier molecular flexibility index (Phi) is 60.8. The van der Waals surface area contributed by atoms with Crippen molar-refractivity contribution >= 4 is 39.5 Å². The summed E-state index contributed by atoms with van der Waals surface area (Å²) >= 11 is 0. The van der Waals surface area contributed by atoms with Crippen LogP contribution in [0.5, 0.6) is 0 Å². The molecule has 17 nitrogen and oxygen atoms in total. The maximum atomic E-state index is 13.0. The zero-order valence-corrected chi connectivity index (χ0v) is 59.5. The molecule has 0 aromatic carbocycles. The average molecular weight is 1310 g/mol. The van der Waals surface area contributed by atoms with Crippen LogP contribution in [0.25, 0.3) is 0 Å². The Morgan fingerprint density at radius 3 is 0.764 bits per heavy atom. The number of carbonyl (C=O) groups is 4. The molecule has 0 aromatic heterocycles. The van der Waals surface area contributed by atoms with E-state index >= 15 is 0 Å². The average Bonchev–Trinajstić information content (AvgIpc) is 3.70. The van der Waals surface area contributed by atoms with Crippen LogP contribution in [-0.4, -0.2) is 96.7 Å². The zero-order valence-electron chi connectivity index (χ0n) is 57.7. The summed E-state index contributed by atoms with van der Waals surface area (Å²) in [4.78, 5) is 72.3.